The molecule has 13 aromatic rings. The Hall–Kier alpha value is -7.70. The van der Waals surface area contributed by atoms with Crippen LogP contribution in [0.15, 0.2) is 203 Å². The van der Waals surface area contributed by atoms with E-state index in [1.165, 1.54) is 84.0 Å². The Morgan fingerprint density at radius 3 is 1.46 bits per heavy atom. The van der Waals surface area contributed by atoms with Crippen LogP contribution in [0.2, 0.25) is 0 Å². The fraction of sp³-hybridized carbons (Fsp3) is 0.0909. The third-order valence-corrected chi connectivity index (χ3v) is 11.4. The van der Waals surface area contributed by atoms with Crippen molar-refractivity contribution in [3.63, 3.8) is 0 Å². The van der Waals surface area contributed by atoms with Crippen LogP contribution >= 0.6 is 0 Å². The van der Waals surface area contributed by atoms with Crippen LogP contribution in [-0.2, 0) is 40.2 Å². The van der Waals surface area contributed by atoms with Crippen LogP contribution in [-0.4, -0.2) is 19.9 Å². The maximum absolute atomic E-state index is 7.58. The standard InChI is InChI=1S/C21H12NO.C19H14NO.2C13H12N.2Ir/c1-2-7-15-13-20-18(12-14(15)6-1)16-8-5-9-17(21(16)23-20)19-10-3-4-11-22-19;1-12-6-7-14-15-4-3-5-16(19(15)21-18(14)11-12)17-10-13(2)8-9-20-17;2*1-10-3-6-12(7-4-10)13-8-5-11(2)9-14-13;;/h1-8,10-13H;3-4,6-11H,1-2H3;2*3-6,8-9H,1-2H3;;/q4*-1;;/i;3*1D3,2D3;;. The zero-order chi connectivity index (χ0) is 64.6. The number of aryl methyl sites for hydroxylation is 6. The fourth-order valence-electron chi connectivity index (χ4n) is 7.90. The first-order valence-electron chi connectivity index (χ1n) is 31.4. The Bertz CT molecular complexity index is 4440. The molecule has 8 heteroatoms. The second kappa shape index (κ2) is 23.9. The van der Waals surface area contributed by atoms with Gasteiger partial charge in [-0.25, -0.2) is 0 Å². The maximum Gasteiger partial charge on any atom is 0.121 e. The first kappa shape index (κ1) is 33.9. The van der Waals surface area contributed by atoms with Gasteiger partial charge in [0.2, 0.25) is 0 Å². The monoisotopic (exact) mass is 1330 g/mol. The van der Waals surface area contributed by atoms with Gasteiger partial charge >= 0.3 is 0 Å². The van der Waals surface area contributed by atoms with Crippen LogP contribution in [0.25, 0.3) is 99.7 Å². The summed E-state index contributed by atoms with van der Waals surface area (Å²) >= 11 is 0. The molecule has 0 amide bonds. The van der Waals surface area contributed by atoms with Crippen molar-refractivity contribution in [3.8, 4) is 45.0 Å². The summed E-state index contributed by atoms with van der Waals surface area (Å²) in [5, 5.41) is 6.20. The third-order valence-electron chi connectivity index (χ3n) is 11.4. The van der Waals surface area contributed by atoms with Crippen molar-refractivity contribution in [2.75, 3.05) is 0 Å². The molecule has 74 heavy (non-hydrogen) atoms. The molecule has 0 saturated heterocycles. The number of pyridine rings is 4. The van der Waals surface area contributed by atoms with Crippen LogP contribution in [0.4, 0.5) is 0 Å². The molecule has 7 aromatic carbocycles. The minimum Gasteiger partial charge on any atom is -0.501 e. The summed E-state index contributed by atoms with van der Waals surface area (Å²) in [6.45, 7) is -13.1. The molecule has 13 rings (SSSR count). The van der Waals surface area contributed by atoms with Crippen molar-refractivity contribution in [2.45, 2.75) is 41.1 Å². The van der Waals surface area contributed by atoms with Crippen molar-refractivity contribution >= 4 is 54.6 Å². The predicted molar refractivity (Wildman–Crippen MR) is 295 cm³/mol. The first-order chi connectivity index (χ1) is 42.4. The first-order valence-corrected chi connectivity index (χ1v) is 22.4. The number of nitrogens with zero attached hydrogens (tertiary/aromatic N) is 4. The van der Waals surface area contributed by atoms with Gasteiger partial charge in [-0.15, -0.1) is 107 Å². The molecule has 0 bridgehead atoms. The summed E-state index contributed by atoms with van der Waals surface area (Å²) in [5.74, 6) is 0. The third kappa shape index (κ3) is 12.0. The Morgan fingerprint density at radius 1 is 0.378 bits per heavy atom. The summed E-state index contributed by atoms with van der Waals surface area (Å²) in [5.41, 5.74) is 8.90. The zero-order valence-corrected chi connectivity index (χ0v) is 43.5. The van der Waals surface area contributed by atoms with Gasteiger partial charge in [0.25, 0.3) is 0 Å². The van der Waals surface area contributed by atoms with Crippen molar-refractivity contribution in [1.29, 1.82) is 0 Å². The number of fused-ring (bicyclic) bond motifs is 7. The quantitative estimate of drug-likeness (QED) is 0.163. The average molecular weight is 1330 g/mol. The molecule has 0 spiro atoms. The van der Waals surface area contributed by atoms with E-state index in [4.69, 9.17) is 33.5 Å². The Kier molecular flexibility index (Phi) is 10.9. The van der Waals surface area contributed by atoms with E-state index in [0.717, 1.165) is 44.0 Å². The molecule has 0 atom stereocenters. The zero-order valence-electron chi connectivity index (χ0n) is 56.7. The predicted octanol–water partition coefficient (Wildman–Crippen LogP) is 17.0. The average Bonchev–Trinajstić information content (AvgIpc) is 1.61. The normalized spacial score (nSPS) is 15.2. The molecule has 0 fully saturated rings. The summed E-state index contributed by atoms with van der Waals surface area (Å²) in [6, 6.07) is 61.0. The van der Waals surface area contributed by atoms with Crippen LogP contribution in [0.5, 0.6) is 0 Å². The van der Waals surface area contributed by atoms with E-state index in [2.05, 4.69) is 80.6 Å². The van der Waals surface area contributed by atoms with Crippen LogP contribution in [0, 0.1) is 65.4 Å². The molecular weight excluding hydrogens is 1270 g/mol. The van der Waals surface area contributed by atoms with E-state index in [0.29, 0.717) is 44.9 Å². The van der Waals surface area contributed by atoms with Crippen molar-refractivity contribution < 1.29 is 73.7 Å². The van der Waals surface area contributed by atoms with Gasteiger partial charge in [0.1, 0.15) is 11.2 Å². The smallest absolute Gasteiger partial charge is 0.121 e. The minimum atomic E-state index is -2.24. The maximum atomic E-state index is 7.58. The molecule has 0 aliphatic rings. The molecular formula is C66H50Ir2N4O2-4. The number of hydrogen-bond donors (Lipinski definition) is 0. The summed E-state index contributed by atoms with van der Waals surface area (Å²) in [4.78, 5) is 16.9. The number of rotatable bonds is 4. The summed E-state index contributed by atoms with van der Waals surface area (Å²) < 4.78 is 145. The van der Waals surface area contributed by atoms with Gasteiger partial charge < -0.3 is 28.8 Å². The Labute approximate surface area is 484 Å². The number of hydrogen-bond acceptors (Lipinski definition) is 6. The number of aromatic nitrogens is 4. The molecule has 6 heterocycles. The molecule has 0 N–H and O–H groups in total. The molecule has 2 radical (unpaired) electrons. The largest absolute Gasteiger partial charge is 0.501 e. The van der Waals surface area contributed by atoms with Crippen LogP contribution in [0.3, 0.4) is 0 Å². The van der Waals surface area contributed by atoms with Gasteiger partial charge in [-0.2, -0.15) is 0 Å². The Morgan fingerprint density at radius 2 is 0.905 bits per heavy atom. The molecule has 0 unspecified atom stereocenters. The van der Waals surface area contributed by atoms with Gasteiger partial charge in [-0.05, 0) is 108 Å². The van der Waals surface area contributed by atoms with E-state index in [1.54, 1.807) is 48.7 Å². The minimum absolute atomic E-state index is 0. The SMILES string of the molecule is [2H]C([2H])([2H])c1c[c-]c(-c2ccc(C([2H])([2H])[2H])cn2)cc1.[2H]C([2H])([2H])c1c[c-]c(-c2ccc(C([2H])([2H])[2H])cn2)cc1.[2H]C([2H])([2H])c1ccnc(-c2[c-]ccc3c2oc2cc(C([2H])([2H])[2H])ccc23)c1.[Ir].[Ir].[c-]1ccc2c(oc3cc4ccccc4cc32)c1-c1ccccn1. The van der Waals surface area contributed by atoms with Crippen LogP contribution in [0.1, 0.15) is 58.1 Å². The van der Waals surface area contributed by atoms with Crippen molar-refractivity contribution in [1.82, 2.24) is 19.9 Å². The van der Waals surface area contributed by atoms with E-state index in [9.17, 15) is 0 Å². The molecule has 0 saturated carbocycles. The Balaban J connectivity index is 0.000000158. The van der Waals surface area contributed by atoms with Crippen molar-refractivity contribution in [3.05, 3.63) is 252 Å². The van der Waals surface area contributed by atoms with Gasteiger partial charge in [0.15, 0.2) is 0 Å². The second-order valence-corrected chi connectivity index (χ2v) is 16.3. The van der Waals surface area contributed by atoms with E-state index < -0.39 is 41.1 Å². The molecule has 6 nitrogen and oxygen atoms in total. The second-order valence-electron chi connectivity index (χ2n) is 16.3. The van der Waals surface area contributed by atoms with E-state index in [1.807, 2.05) is 36.4 Å². The van der Waals surface area contributed by atoms with Gasteiger partial charge in [0, 0.05) is 100 Å². The fourth-order valence-corrected chi connectivity index (χ4v) is 7.90. The van der Waals surface area contributed by atoms with Crippen LogP contribution < -0.4 is 0 Å². The van der Waals surface area contributed by atoms with Gasteiger partial charge in [0.05, 0.1) is 11.2 Å². The van der Waals surface area contributed by atoms with Gasteiger partial charge in [-0.1, -0.05) is 120 Å². The van der Waals surface area contributed by atoms with Crippen molar-refractivity contribution in [2.24, 2.45) is 0 Å². The number of furan rings is 2. The molecule has 368 valence electrons. The molecule has 0 aliphatic heterocycles. The molecule has 0 aliphatic carbocycles. The number of benzene rings is 7. The molecule has 6 aromatic heterocycles. The summed E-state index contributed by atoms with van der Waals surface area (Å²) in [7, 11) is 0. The van der Waals surface area contributed by atoms with E-state index in [-0.39, 0.29) is 73.6 Å². The summed E-state index contributed by atoms with van der Waals surface area (Å²) in [6.07, 6.45) is 5.83. The topological polar surface area (TPSA) is 77.8 Å². The van der Waals surface area contributed by atoms with E-state index >= 15 is 0 Å². The van der Waals surface area contributed by atoms with Gasteiger partial charge in [-0.3, -0.25) is 0 Å².